The molecule has 0 saturated carbocycles. The van der Waals surface area contributed by atoms with E-state index in [-0.39, 0.29) is 12.8 Å². The molecule has 2 heterocycles. The summed E-state index contributed by atoms with van der Waals surface area (Å²) in [6.07, 6.45) is 3.65. The fourth-order valence-electron chi connectivity index (χ4n) is 3.38. The molecule has 1 aliphatic heterocycles. The van der Waals surface area contributed by atoms with Crippen LogP contribution in [0.15, 0.2) is 79.1 Å². The van der Waals surface area contributed by atoms with Gasteiger partial charge in [0, 0.05) is 35.2 Å². The molecule has 0 atom stereocenters. The van der Waals surface area contributed by atoms with Crippen LogP contribution in [-0.2, 0) is 0 Å². The van der Waals surface area contributed by atoms with Crippen molar-refractivity contribution in [1.29, 1.82) is 0 Å². The predicted octanol–water partition coefficient (Wildman–Crippen LogP) is 5.27. The summed E-state index contributed by atoms with van der Waals surface area (Å²) in [7, 11) is 0. The lowest BCUT2D eigenvalue weighted by Gasteiger charge is -2.10. The fourth-order valence-corrected chi connectivity index (χ4v) is 3.38. The van der Waals surface area contributed by atoms with Crippen molar-refractivity contribution in [2.24, 2.45) is 0 Å². The second-order valence-electron chi connectivity index (χ2n) is 6.63. The Bertz CT molecular complexity index is 1200. The summed E-state index contributed by atoms with van der Waals surface area (Å²) in [5.41, 5.74) is 3.53. The maximum Gasteiger partial charge on any atom is 0.323 e. The second-order valence-corrected chi connectivity index (χ2v) is 6.63. The molecule has 29 heavy (non-hydrogen) atoms. The van der Waals surface area contributed by atoms with Crippen LogP contribution in [0.1, 0.15) is 0 Å². The van der Waals surface area contributed by atoms with Gasteiger partial charge in [-0.2, -0.15) is 0 Å². The largest absolute Gasteiger partial charge is 0.454 e. The SMILES string of the molecule is O=C(Nc1ccc(-c2cccc3cnccc23)cc1)Nc1ccc2c(c1)OCO2. The summed E-state index contributed by atoms with van der Waals surface area (Å²) in [6, 6.07) is 20.9. The van der Waals surface area contributed by atoms with E-state index in [1.807, 2.05) is 48.7 Å². The molecule has 0 fully saturated rings. The average molecular weight is 383 g/mol. The number of fused-ring (bicyclic) bond motifs is 2. The van der Waals surface area contributed by atoms with E-state index in [0.717, 1.165) is 21.9 Å². The topological polar surface area (TPSA) is 72.5 Å². The molecule has 5 rings (SSSR count). The Morgan fingerprint density at radius 3 is 2.55 bits per heavy atom. The highest BCUT2D eigenvalue weighted by Crippen LogP contribution is 2.34. The van der Waals surface area contributed by atoms with Crippen molar-refractivity contribution >= 4 is 28.2 Å². The van der Waals surface area contributed by atoms with Crippen LogP contribution in [-0.4, -0.2) is 17.8 Å². The molecule has 142 valence electrons. The number of carbonyl (C=O) groups excluding carboxylic acids is 1. The molecule has 0 aliphatic carbocycles. The van der Waals surface area contributed by atoms with Gasteiger partial charge in [0.15, 0.2) is 11.5 Å². The predicted molar refractivity (Wildman–Crippen MR) is 112 cm³/mol. The third-order valence-electron chi connectivity index (χ3n) is 4.76. The minimum Gasteiger partial charge on any atom is -0.454 e. The first-order valence-electron chi connectivity index (χ1n) is 9.17. The highest BCUT2D eigenvalue weighted by molar-refractivity contribution is 6.00. The first kappa shape index (κ1) is 17.1. The van der Waals surface area contributed by atoms with E-state index in [2.05, 4.69) is 21.7 Å². The number of hydrogen-bond acceptors (Lipinski definition) is 4. The third-order valence-corrected chi connectivity index (χ3v) is 4.76. The Labute approximate surface area is 167 Å². The molecule has 0 unspecified atom stereocenters. The van der Waals surface area contributed by atoms with E-state index >= 15 is 0 Å². The van der Waals surface area contributed by atoms with Gasteiger partial charge in [-0.25, -0.2) is 4.79 Å². The second kappa shape index (κ2) is 7.16. The van der Waals surface area contributed by atoms with E-state index in [4.69, 9.17) is 9.47 Å². The van der Waals surface area contributed by atoms with Crippen LogP contribution >= 0.6 is 0 Å². The molecule has 1 aromatic heterocycles. The molecule has 0 spiro atoms. The normalized spacial score (nSPS) is 12.0. The summed E-state index contributed by atoms with van der Waals surface area (Å²) in [6.45, 7) is 0.199. The van der Waals surface area contributed by atoms with E-state index in [1.165, 1.54) is 0 Å². The smallest absolute Gasteiger partial charge is 0.323 e. The van der Waals surface area contributed by atoms with Gasteiger partial charge in [-0.15, -0.1) is 0 Å². The number of aromatic nitrogens is 1. The molecule has 0 radical (unpaired) electrons. The molecule has 4 aromatic rings. The monoisotopic (exact) mass is 383 g/mol. The highest BCUT2D eigenvalue weighted by Gasteiger charge is 2.14. The fraction of sp³-hybridized carbons (Fsp3) is 0.0435. The van der Waals surface area contributed by atoms with Gasteiger partial charge in [-0.05, 0) is 46.8 Å². The van der Waals surface area contributed by atoms with Gasteiger partial charge in [-0.3, -0.25) is 4.98 Å². The summed E-state index contributed by atoms with van der Waals surface area (Å²) in [4.78, 5) is 16.5. The van der Waals surface area contributed by atoms with Crippen LogP contribution in [0, 0.1) is 0 Å². The molecule has 0 bridgehead atoms. The van der Waals surface area contributed by atoms with Crippen LogP contribution in [0.4, 0.5) is 16.2 Å². The van der Waals surface area contributed by atoms with Crippen LogP contribution in [0.2, 0.25) is 0 Å². The molecule has 6 heteroatoms. The number of rotatable bonds is 3. The average Bonchev–Trinajstić information content (AvgIpc) is 3.22. The molecule has 2 N–H and O–H groups in total. The standard InChI is InChI=1S/C23H17N3O3/c27-23(26-18-8-9-21-22(12-18)29-14-28-21)25-17-6-4-15(5-7-17)19-3-1-2-16-13-24-11-10-20(16)19/h1-13H,14H2,(H2,25,26,27). The number of urea groups is 1. The molecule has 1 aliphatic rings. The summed E-state index contributed by atoms with van der Waals surface area (Å²) >= 11 is 0. The van der Waals surface area contributed by atoms with Gasteiger partial charge >= 0.3 is 6.03 Å². The molecule has 2 amide bonds. The summed E-state index contributed by atoms with van der Waals surface area (Å²) in [5, 5.41) is 7.88. The van der Waals surface area contributed by atoms with Crippen molar-refractivity contribution in [2.45, 2.75) is 0 Å². The van der Waals surface area contributed by atoms with Crippen molar-refractivity contribution in [1.82, 2.24) is 4.98 Å². The number of anilines is 2. The first-order valence-corrected chi connectivity index (χ1v) is 9.17. The number of nitrogens with one attached hydrogen (secondary N) is 2. The zero-order valence-corrected chi connectivity index (χ0v) is 15.4. The zero-order chi connectivity index (χ0) is 19.6. The Hall–Kier alpha value is -4.06. The Morgan fingerprint density at radius 2 is 1.66 bits per heavy atom. The molecule has 3 aromatic carbocycles. The van der Waals surface area contributed by atoms with Crippen LogP contribution < -0.4 is 20.1 Å². The maximum atomic E-state index is 12.3. The molecule has 0 saturated heterocycles. The zero-order valence-electron chi connectivity index (χ0n) is 15.4. The number of nitrogens with zero attached hydrogens (tertiary/aromatic N) is 1. The Balaban J connectivity index is 1.31. The van der Waals surface area contributed by atoms with Gasteiger partial charge < -0.3 is 20.1 Å². The number of carbonyl (C=O) groups is 1. The lowest BCUT2D eigenvalue weighted by molar-refractivity contribution is 0.174. The van der Waals surface area contributed by atoms with E-state index in [0.29, 0.717) is 22.9 Å². The van der Waals surface area contributed by atoms with Crippen LogP contribution in [0.5, 0.6) is 11.5 Å². The van der Waals surface area contributed by atoms with Crippen molar-refractivity contribution < 1.29 is 14.3 Å². The minimum atomic E-state index is -0.326. The molecule has 6 nitrogen and oxygen atoms in total. The quantitative estimate of drug-likeness (QED) is 0.505. The number of ether oxygens (including phenoxy) is 2. The van der Waals surface area contributed by atoms with Gasteiger partial charge in [-0.1, -0.05) is 30.3 Å². The van der Waals surface area contributed by atoms with Crippen molar-refractivity contribution in [3.63, 3.8) is 0 Å². The summed E-state index contributed by atoms with van der Waals surface area (Å²) < 4.78 is 10.6. The van der Waals surface area contributed by atoms with E-state index in [1.54, 1.807) is 24.4 Å². The summed E-state index contributed by atoms with van der Waals surface area (Å²) in [5.74, 6) is 1.30. The molecular weight excluding hydrogens is 366 g/mol. The lowest BCUT2D eigenvalue weighted by Crippen LogP contribution is -2.19. The van der Waals surface area contributed by atoms with E-state index < -0.39 is 0 Å². The minimum absolute atomic E-state index is 0.199. The maximum absolute atomic E-state index is 12.3. The number of benzene rings is 3. The first-order chi connectivity index (χ1) is 14.3. The Kier molecular flexibility index (Phi) is 4.22. The number of hydrogen-bond donors (Lipinski definition) is 2. The Morgan fingerprint density at radius 1 is 0.862 bits per heavy atom. The van der Waals surface area contributed by atoms with E-state index in [9.17, 15) is 4.79 Å². The van der Waals surface area contributed by atoms with Gasteiger partial charge in [0.1, 0.15) is 0 Å². The van der Waals surface area contributed by atoms with Crippen molar-refractivity contribution in [2.75, 3.05) is 17.4 Å². The molecular formula is C23H17N3O3. The van der Waals surface area contributed by atoms with Gasteiger partial charge in [0.05, 0.1) is 0 Å². The van der Waals surface area contributed by atoms with Gasteiger partial charge in [0.25, 0.3) is 0 Å². The van der Waals surface area contributed by atoms with Crippen molar-refractivity contribution in [3.05, 3.63) is 79.1 Å². The highest BCUT2D eigenvalue weighted by atomic mass is 16.7. The number of pyridine rings is 1. The lowest BCUT2D eigenvalue weighted by atomic mass is 9.99. The number of amides is 2. The van der Waals surface area contributed by atoms with Crippen LogP contribution in [0.25, 0.3) is 21.9 Å². The van der Waals surface area contributed by atoms with Gasteiger partial charge in [0.2, 0.25) is 6.79 Å². The van der Waals surface area contributed by atoms with Crippen molar-refractivity contribution in [3.8, 4) is 22.6 Å². The van der Waals surface area contributed by atoms with Crippen LogP contribution in [0.3, 0.4) is 0 Å². The third kappa shape index (κ3) is 3.43.